The van der Waals surface area contributed by atoms with E-state index in [4.69, 9.17) is 10.1 Å². The van der Waals surface area contributed by atoms with Gasteiger partial charge >= 0.3 is 5.97 Å². The molecule has 1 aromatic heterocycles. The van der Waals surface area contributed by atoms with Crippen molar-refractivity contribution < 1.29 is 9.90 Å². The van der Waals surface area contributed by atoms with E-state index in [2.05, 4.69) is 32.0 Å². The molecule has 0 radical (unpaired) electrons. The summed E-state index contributed by atoms with van der Waals surface area (Å²) in [5.41, 5.74) is 4.85. The molecule has 2 heterocycles. The van der Waals surface area contributed by atoms with Crippen molar-refractivity contribution in [3.63, 3.8) is 0 Å². The molecule has 0 bridgehead atoms. The molecular formula is C16H18N2O2S. The Morgan fingerprint density at radius 1 is 1.38 bits per heavy atom. The molecule has 0 saturated heterocycles. The molecule has 21 heavy (non-hydrogen) atoms. The first-order valence-corrected chi connectivity index (χ1v) is 7.85. The van der Waals surface area contributed by atoms with Crippen LogP contribution >= 0.6 is 11.3 Å². The van der Waals surface area contributed by atoms with Crippen molar-refractivity contribution in [1.29, 1.82) is 0 Å². The molecule has 1 N–H and O–H groups in total. The Hall–Kier alpha value is -1.72. The minimum absolute atomic E-state index is 0.107. The van der Waals surface area contributed by atoms with Crippen LogP contribution in [0.5, 0.6) is 0 Å². The number of nitrogens with zero attached hydrogens (tertiary/aromatic N) is 2. The summed E-state index contributed by atoms with van der Waals surface area (Å²) in [6.45, 7) is 5.80. The molecule has 0 unspecified atom stereocenters. The van der Waals surface area contributed by atoms with E-state index < -0.39 is 5.97 Å². The van der Waals surface area contributed by atoms with Gasteiger partial charge in [0.25, 0.3) is 0 Å². The van der Waals surface area contributed by atoms with Crippen molar-refractivity contribution in [2.45, 2.75) is 26.8 Å². The molecular weight excluding hydrogens is 284 g/mol. The zero-order valence-electron chi connectivity index (χ0n) is 12.2. The fraction of sp³-hybridized carbons (Fsp3) is 0.375. The van der Waals surface area contributed by atoms with E-state index in [0.717, 1.165) is 29.2 Å². The van der Waals surface area contributed by atoms with Gasteiger partial charge in [0.15, 0.2) is 0 Å². The molecule has 0 amide bonds. The quantitative estimate of drug-likeness (QED) is 0.947. The van der Waals surface area contributed by atoms with Crippen LogP contribution in [0.15, 0.2) is 18.2 Å². The van der Waals surface area contributed by atoms with Gasteiger partial charge in [-0.2, -0.15) is 0 Å². The molecule has 1 aliphatic rings. The summed E-state index contributed by atoms with van der Waals surface area (Å²) < 4.78 is 0. The number of carbonyl (C=O) groups is 1. The summed E-state index contributed by atoms with van der Waals surface area (Å²) in [7, 11) is 0. The number of aryl methyl sites for hydroxylation is 2. The Morgan fingerprint density at radius 3 is 2.90 bits per heavy atom. The number of benzene rings is 1. The predicted molar refractivity (Wildman–Crippen MR) is 83.6 cm³/mol. The van der Waals surface area contributed by atoms with E-state index in [9.17, 15) is 4.79 Å². The van der Waals surface area contributed by atoms with Crippen molar-refractivity contribution in [1.82, 2.24) is 9.88 Å². The van der Waals surface area contributed by atoms with Crippen LogP contribution in [0, 0.1) is 13.8 Å². The average Bonchev–Trinajstić information content (AvgIpc) is 2.84. The fourth-order valence-electron chi connectivity index (χ4n) is 2.57. The average molecular weight is 302 g/mol. The molecule has 1 aliphatic heterocycles. The Bertz CT molecular complexity index is 694. The lowest BCUT2D eigenvalue weighted by Crippen LogP contribution is -2.34. The van der Waals surface area contributed by atoms with Gasteiger partial charge in [-0.3, -0.25) is 9.69 Å². The lowest BCUT2D eigenvalue weighted by atomic mass is 10.1. The molecule has 2 aromatic rings. The lowest BCUT2D eigenvalue weighted by Gasteiger charge is -2.23. The standard InChI is InChI=1S/C16H18N2O2S/c1-10-3-4-12(7-11(10)2)16-17-13-5-6-18(9-15(19)20)8-14(13)21-16/h3-4,7H,5-6,8-9H2,1-2H3,(H,19,20). The molecule has 4 nitrogen and oxygen atoms in total. The van der Waals surface area contributed by atoms with Crippen LogP contribution in [-0.4, -0.2) is 34.0 Å². The third-order valence-electron chi connectivity index (χ3n) is 3.92. The number of aliphatic carboxylic acids is 1. The van der Waals surface area contributed by atoms with Gasteiger partial charge in [-0.05, 0) is 31.0 Å². The van der Waals surface area contributed by atoms with E-state index in [1.54, 1.807) is 11.3 Å². The summed E-state index contributed by atoms with van der Waals surface area (Å²) in [5, 5.41) is 9.94. The maximum atomic E-state index is 10.8. The molecule has 0 saturated carbocycles. The van der Waals surface area contributed by atoms with Crippen LogP contribution in [0.3, 0.4) is 0 Å². The molecule has 0 aliphatic carbocycles. The number of carboxylic acid groups (broad SMARTS) is 1. The summed E-state index contributed by atoms with van der Waals surface area (Å²) in [4.78, 5) is 18.7. The highest BCUT2D eigenvalue weighted by Gasteiger charge is 2.22. The zero-order chi connectivity index (χ0) is 15.0. The number of carboxylic acids is 1. The number of rotatable bonds is 3. The van der Waals surface area contributed by atoms with Gasteiger partial charge in [-0.15, -0.1) is 11.3 Å². The molecule has 3 rings (SSSR count). The van der Waals surface area contributed by atoms with Crippen LogP contribution in [0.1, 0.15) is 21.7 Å². The van der Waals surface area contributed by atoms with Crippen molar-refractivity contribution in [3.05, 3.63) is 39.9 Å². The molecule has 110 valence electrons. The van der Waals surface area contributed by atoms with Gasteiger partial charge in [-0.1, -0.05) is 12.1 Å². The summed E-state index contributed by atoms with van der Waals surface area (Å²) >= 11 is 1.69. The number of hydrogen-bond donors (Lipinski definition) is 1. The van der Waals surface area contributed by atoms with Crippen LogP contribution in [0.25, 0.3) is 10.6 Å². The molecule has 0 fully saturated rings. The first-order valence-electron chi connectivity index (χ1n) is 7.03. The first kappa shape index (κ1) is 14.2. The third-order valence-corrected chi connectivity index (χ3v) is 5.05. The third kappa shape index (κ3) is 2.99. The second kappa shape index (κ2) is 5.58. The van der Waals surface area contributed by atoms with Gasteiger partial charge in [0.2, 0.25) is 0 Å². The summed E-state index contributed by atoms with van der Waals surface area (Å²) in [5.74, 6) is -0.766. The van der Waals surface area contributed by atoms with Crippen molar-refractivity contribution in [2.75, 3.05) is 13.1 Å². The number of aromatic nitrogens is 1. The van der Waals surface area contributed by atoms with Gasteiger partial charge < -0.3 is 5.11 Å². The van der Waals surface area contributed by atoms with Crippen LogP contribution in [0.2, 0.25) is 0 Å². The smallest absolute Gasteiger partial charge is 0.317 e. The van der Waals surface area contributed by atoms with Crippen LogP contribution in [-0.2, 0) is 17.8 Å². The Morgan fingerprint density at radius 2 is 2.19 bits per heavy atom. The molecule has 0 spiro atoms. The van der Waals surface area contributed by atoms with E-state index in [0.29, 0.717) is 6.54 Å². The van der Waals surface area contributed by atoms with Crippen molar-refractivity contribution in [2.24, 2.45) is 0 Å². The van der Waals surface area contributed by atoms with E-state index in [1.165, 1.54) is 16.0 Å². The van der Waals surface area contributed by atoms with E-state index in [1.807, 2.05) is 4.90 Å². The summed E-state index contributed by atoms with van der Waals surface area (Å²) in [6.07, 6.45) is 0.837. The lowest BCUT2D eigenvalue weighted by molar-refractivity contribution is -0.138. The normalized spacial score (nSPS) is 15.0. The highest BCUT2D eigenvalue weighted by atomic mass is 32.1. The van der Waals surface area contributed by atoms with Gasteiger partial charge in [-0.25, -0.2) is 4.98 Å². The Kier molecular flexibility index (Phi) is 3.78. The summed E-state index contributed by atoms with van der Waals surface area (Å²) in [6, 6.07) is 6.41. The van der Waals surface area contributed by atoms with Gasteiger partial charge in [0.05, 0.1) is 12.2 Å². The van der Waals surface area contributed by atoms with Crippen LogP contribution in [0.4, 0.5) is 0 Å². The maximum absolute atomic E-state index is 10.8. The minimum atomic E-state index is -0.766. The second-order valence-corrected chi connectivity index (χ2v) is 6.63. The van der Waals surface area contributed by atoms with E-state index >= 15 is 0 Å². The Balaban J connectivity index is 1.86. The number of fused-ring (bicyclic) bond motifs is 1. The fourth-order valence-corrected chi connectivity index (χ4v) is 3.72. The predicted octanol–water partition coefficient (Wildman–Crippen LogP) is 2.87. The minimum Gasteiger partial charge on any atom is -0.480 e. The first-order chi connectivity index (χ1) is 10.0. The molecule has 5 heteroatoms. The zero-order valence-corrected chi connectivity index (χ0v) is 13.0. The topological polar surface area (TPSA) is 53.4 Å². The largest absolute Gasteiger partial charge is 0.480 e. The monoisotopic (exact) mass is 302 g/mol. The second-order valence-electron chi connectivity index (χ2n) is 5.54. The number of hydrogen-bond acceptors (Lipinski definition) is 4. The molecule has 1 aromatic carbocycles. The molecule has 0 atom stereocenters. The van der Waals surface area contributed by atoms with Crippen molar-refractivity contribution in [3.8, 4) is 10.6 Å². The SMILES string of the molecule is Cc1ccc(-c2nc3c(s2)CN(CC(=O)O)CC3)cc1C. The number of thiazole rings is 1. The van der Waals surface area contributed by atoms with Crippen LogP contribution < -0.4 is 0 Å². The van der Waals surface area contributed by atoms with Gasteiger partial charge in [0, 0.05) is 30.0 Å². The maximum Gasteiger partial charge on any atom is 0.317 e. The highest BCUT2D eigenvalue weighted by molar-refractivity contribution is 7.15. The highest BCUT2D eigenvalue weighted by Crippen LogP contribution is 2.32. The Labute approximate surface area is 128 Å². The van der Waals surface area contributed by atoms with Gasteiger partial charge in [0.1, 0.15) is 5.01 Å². The van der Waals surface area contributed by atoms with Crippen molar-refractivity contribution >= 4 is 17.3 Å². The van der Waals surface area contributed by atoms with E-state index in [-0.39, 0.29) is 6.54 Å².